The molecule has 3 N–H and O–H groups in total. The molecule has 1 aliphatic heterocycles. The molecule has 9 heteroatoms. The number of benzene rings is 3. The zero-order valence-electron chi connectivity index (χ0n) is 20.0. The van der Waals surface area contributed by atoms with E-state index in [2.05, 4.69) is 15.3 Å². The van der Waals surface area contributed by atoms with E-state index in [4.69, 9.17) is 4.74 Å². The highest BCUT2D eigenvalue weighted by Crippen LogP contribution is 2.34. The molecule has 0 saturated carbocycles. The maximum Gasteiger partial charge on any atom is 0.283 e. The normalized spacial score (nSPS) is 14.3. The summed E-state index contributed by atoms with van der Waals surface area (Å²) in [4.78, 5) is 35.2. The van der Waals surface area contributed by atoms with Crippen molar-refractivity contribution in [3.05, 3.63) is 90.3 Å². The van der Waals surface area contributed by atoms with Gasteiger partial charge in [-0.15, -0.1) is 0 Å². The highest BCUT2D eigenvalue weighted by atomic mass is 32.2. The number of H-pyrrole nitrogens is 1. The maximum atomic E-state index is 13.4. The number of amidine groups is 1. The lowest BCUT2D eigenvalue weighted by atomic mass is 10.1. The molecule has 0 bridgehead atoms. The lowest BCUT2D eigenvalue weighted by molar-refractivity contribution is -0.114. The molecule has 1 aliphatic rings. The van der Waals surface area contributed by atoms with E-state index in [0.29, 0.717) is 34.5 Å². The van der Waals surface area contributed by atoms with Crippen LogP contribution in [-0.2, 0) is 9.59 Å². The smallest absolute Gasteiger partial charge is 0.283 e. The van der Waals surface area contributed by atoms with Gasteiger partial charge in [0.15, 0.2) is 16.7 Å². The van der Waals surface area contributed by atoms with E-state index in [1.54, 1.807) is 30.3 Å². The van der Waals surface area contributed by atoms with Gasteiger partial charge in [0.05, 0.1) is 18.0 Å². The molecule has 0 spiro atoms. The number of para-hydroxylation sites is 2. The van der Waals surface area contributed by atoms with Crippen LogP contribution in [0.4, 0.5) is 11.4 Å². The van der Waals surface area contributed by atoms with Crippen LogP contribution >= 0.6 is 11.8 Å². The molecule has 0 fully saturated rings. The number of phenols is 1. The number of hydrogen-bond acceptors (Lipinski definition) is 6. The molecule has 0 aliphatic carbocycles. The molecule has 8 nitrogen and oxygen atoms in total. The van der Waals surface area contributed by atoms with Crippen molar-refractivity contribution in [2.24, 2.45) is 4.99 Å². The molecule has 4 aromatic rings. The molecule has 0 atom stereocenters. The van der Waals surface area contributed by atoms with Crippen molar-refractivity contribution in [2.45, 2.75) is 6.92 Å². The SMILES string of the molecule is CCOc1cccc(/C=C2\N=C(SCC(=O)Nc3ccc4cc[nH]c4c3)N(c3ccccc3)C2=O)c1O. The van der Waals surface area contributed by atoms with Crippen molar-refractivity contribution in [2.75, 3.05) is 22.6 Å². The topological polar surface area (TPSA) is 107 Å². The first-order chi connectivity index (χ1) is 18.0. The summed E-state index contributed by atoms with van der Waals surface area (Å²) in [5.41, 5.74) is 2.79. The first-order valence-electron chi connectivity index (χ1n) is 11.7. The summed E-state index contributed by atoms with van der Waals surface area (Å²) in [6.07, 6.45) is 3.37. The van der Waals surface area contributed by atoms with Gasteiger partial charge in [0.2, 0.25) is 5.91 Å². The Kier molecular flexibility index (Phi) is 6.96. The number of carbonyl (C=O) groups is 2. The van der Waals surface area contributed by atoms with Crippen LogP contribution in [-0.4, -0.2) is 39.4 Å². The van der Waals surface area contributed by atoms with Crippen molar-refractivity contribution in [3.8, 4) is 11.5 Å². The third kappa shape index (κ3) is 5.22. The zero-order chi connectivity index (χ0) is 25.8. The minimum atomic E-state index is -0.354. The van der Waals surface area contributed by atoms with Gasteiger partial charge < -0.3 is 20.1 Å². The molecule has 186 valence electrons. The number of phenolic OH excluding ortho intramolecular Hbond substituents is 1. The second-order valence-electron chi connectivity index (χ2n) is 8.14. The predicted octanol–water partition coefficient (Wildman–Crippen LogP) is 5.39. The van der Waals surface area contributed by atoms with Gasteiger partial charge in [-0.25, -0.2) is 4.99 Å². The molecule has 2 heterocycles. The third-order valence-electron chi connectivity index (χ3n) is 5.64. The first-order valence-corrected chi connectivity index (χ1v) is 12.7. The second kappa shape index (κ2) is 10.6. The monoisotopic (exact) mass is 512 g/mol. The molecule has 2 amide bonds. The lowest BCUT2D eigenvalue weighted by Gasteiger charge is -2.17. The first kappa shape index (κ1) is 24.2. The number of ether oxygens (including phenoxy) is 1. The minimum Gasteiger partial charge on any atom is -0.504 e. The summed E-state index contributed by atoms with van der Waals surface area (Å²) < 4.78 is 5.45. The van der Waals surface area contributed by atoms with E-state index in [1.165, 1.54) is 11.0 Å². The van der Waals surface area contributed by atoms with E-state index in [-0.39, 0.29) is 29.0 Å². The van der Waals surface area contributed by atoms with Gasteiger partial charge in [-0.2, -0.15) is 0 Å². The van der Waals surface area contributed by atoms with E-state index in [1.807, 2.05) is 55.6 Å². The predicted molar refractivity (Wildman–Crippen MR) is 148 cm³/mol. The quantitative estimate of drug-likeness (QED) is 0.288. The summed E-state index contributed by atoms with van der Waals surface area (Å²) in [5, 5.41) is 14.9. The third-order valence-corrected chi connectivity index (χ3v) is 6.58. The average Bonchev–Trinajstić information content (AvgIpc) is 3.49. The number of carbonyl (C=O) groups excluding carboxylic acids is 2. The number of aromatic amines is 1. The van der Waals surface area contributed by atoms with Gasteiger partial charge in [0, 0.05) is 23.0 Å². The molecule has 5 rings (SSSR count). The largest absolute Gasteiger partial charge is 0.504 e. The number of fused-ring (bicyclic) bond motifs is 1. The van der Waals surface area contributed by atoms with Crippen LogP contribution in [0.5, 0.6) is 11.5 Å². The molecule has 0 saturated heterocycles. The fourth-order valence-corrected chi connectivity index (χ4v) is 4.74. The summed E-state index contributed by atoms with van der Waals surface area (Å²) in [5.74, 6) is -0.261. The van der Waals surface area contributed by atoms with Crippen LogP contribution in [0.2, 0.25) is 0 Å². The van der Waals surface area contributed by atoms with Gasteiger partial charge in [-0.3, -0.25) is 14.5 Å². The summed E-state index contributed by atoms with van der Waals surface area (Å²) >= 11 is 1.16. The number of aromatic hydroxyl groups is 1. The molecule has 0 radical (unpaired) electrons. The van der Waals surface area contributed by atoms with Gasteiger partial charge in [0.25, 0.3) is 5.91 Å². The van der Waals surface area contributed by atoms with Gasteiger partial charge >= 0.3 is 0 Å². The Morgan fingerprint density at radius 2 is 1.97 bits per heavy atom. The van der Waals surface area contributed by atoms with Crippen LogP contribution in [0.15, 0.2) is 89.7 Å². The van der Waals surface area contributed by atoms with Crippen molar-refractivity contribution >= 4 is 57.1 Å². The highest BCUT2D eigenvalue weighted by molar-refractivity contribution is 8.14. The maximum absolute atomic E-state index is 13.4. The molecular weight excluding hydrogens is 488 g/mol. The molecule has 37 heavy (non-hydrogen) atoms. The number of nitrogens with zero attached hydrogens (tertiary/aromatic N) is 2. The van der Waals surface area contributed by atoms with Gasteiger partial charge in [-0.1, -0.05) is 48.2 Å². The van der Waals surface area contributed by atoms with Crippen molar-refractivity contribution in [1.29, 1.82) is 0 Å². The number of anilines is 2. The Morgan fingerprint density at radius 1 is 1.14 bits per heavy atom. The Labute approximate surface area is 217 Å². The Hall–Kier alpha value is -4.50. The van der Waals surface area contributed by atoms with E-state index in [0.717, 1.165) is 22.7 Å². The minimum absolute atomic E-state index is 0.0521. The number of aromatic nitrogens is 1. The fourth-order valence-electron chi connectivity index (χ4n) is 3.93. The molecular formula is C28H24N4O4S. The fraction of sp³-hybridized carbons (Fsp3) is 0.107. The van der Waals surface area contributed by atoms with Crippen LogP contribution in [0.1, 0.15) is 12.5 Å². The Morgan fingerprint density at radius 3 is 2.78 bits per heavy atom. The number of aliphatic imine (C=N–C) groups is 1. The summed E-state index contributed by atoms with van der Waals surface area (Å²) in [6, 6.07) is 21.8. The van der Waals surface area contributed by atoms with Gasteiger partial charge in [0.1, 0.15) is 5.70 Å². The van der Waals surface area contributed by atoms with Crippen LogP contribution < -0.4 is 15.0 Å². The van der Waals surface area contributed by atoms with Gasteiger partial charge in [-0.05, 0) is 54.8 Å². The van der Waals surface area contributed by atoms with Crippen molar-refractivity contribution < 1.29 is 19.4 Å². The molecule has 0 unspecified atom stereocenters. The number of hydrogen-bond donors (Lipinski definition) is 3. The Balaban J connectivity index is 1.38. The standard InChI is InChI=1S/C28H24N4O4S/c1-2-36-24-10-6-7-19(26(24)34)15-23-27(35)32(21-8-4-3-5-9-21)28(31-23)37-17-25(33)30-20-12-11-18-13-14-29-22(18)16-20/h3-16,29,34H,2,17H2,1H3,(H,30,33)/b23-15-. The lowest BCUT2D eigenvalue weighted by Crippen LogP contribution is -2.31. The summed E-state index contributed by atoms with van der Waals surface area (Å²) in [6.45, 7) is 2.22. The molecule has 1 aromatic heterocycles. The molecule has 3 aromatic carbocycles. The number of amides is 2. The zero-order valence-corrected chi connectivity index (χ0v) is 20.8. The Bertz CT molecular complexity index is 1530. The van der Waals surface area contributed by atoms with E-state index < -0.39 is 0 Å². The summed E-state index contributed by atoms with van der Waals surface area (Å²) in [7, 11) is 0. The number of nitrogens with one attached hydrogen (secondary N) is 2. The number of thioether (sulfide) groups is 1. The van der Waals surface area contributed by atoms with Crippen LogP contribution in [0.25, 0.3) is 17.0 Å². The van der Waals surface area contributed by atoms with Crippen LogP contribution in [0, 0.1) is 0 Å². The highest BCUT2D eigenvalue weighted by Gasteiger charge is 2.32. The number of rotatable bonds is 7. The van der Waals surface area contributed by atoms with Crippen molar-refractivity contribution in [1.82, 2.24) is 4.98 Å². The van der Waals surface area contributed by atoms with Crippen molar-refractivity contribution in [3.63, 3.8) is 0 Å². The van der Waals surface area contributed by atoms with E-state index >= 15 is 0 Å². The second-order valence-corrected chi connectivity index (χ2v) is 9.09. The average molecular weight is 513 g/mol. The van der Waals surface area contributed by atoms with E-state index in [9.17, 15) is 14.7 Å². The van der Waals surface area contributed by atoms with Crippen LogP contribution in [0.3, 0.4) is 0 Å².